The molecule has 0 saturated carbocycles. The molecule has 2 aliphatic rings. The molecule has 2 aromatic carbocycles. The Labute approximate surface area is 243 Å². The second kappa shape index (κ2) is 11.5. The number of carboxylic acids is 1. The van der Waals surface area contributed by atoms with E-state index in [0.717, 1.165) is 24.5 Å². The van der Waals surface area contributed by atoms with Crippen LogP contribution in [0, 0.1) is 0 Å². The molecule has 0 radical (unpaired) electrons. The van der Waals surface area contributed by atoms with E-state index in [-0.39, 0.29) is 36.4 Å². The number of halogens is 1. The summed E-state index contributed by atoms with van der Waals surface area (Å²) in [5.41, 5.74) is 0.0535. The van der Waals surface area contributed by atoms with Crippen molar-refractivity contribution in [1.29, 1.82) is 0 Å². The molecule has 42 heavy (non-hydrogen) atoms. The van der Waals surface area contributed by atoms with Crippen molar-refractivity contribution in [3.05, 3.63) is 58.1 Å². The van der Waals surface area contributed by atoms with Gasteiger partial charge in [0.15, 0.2) is 0 Å². The molecule has 0 aromatic heterocycles. The third-order valence-electron chi connectivity index (χ3n) is 6.44. The van der Waals surface area contributed by atoms with Gasteiger partial charge in [0.1, 0.15) is 11.8 Å². The molecule has 1 unspecified atom stereocenters. The van der Waals surface area contributed by atoms with Crippen LogP contribution in [0.1, 0.15) is 27.5 Å². The van der Waals surface area contributed by atoms with Gasteiger partial charge < -0.3 is 35.2 Å². The maximum atomic E-state index is 13.5. The molecule has 16 nitrogen and oxygen atoms in total. The van der Waals surface area contributed by atoms with Crippen molar-refractivity contribution >= 4 is 65.6 Å². The SMILES string of the molecule is CS(=O)(=O)N1CCN(C(=O)NC(C(=O)N[C@H]2Cc3cccc(C(=O)O)c3OB2O)c2ccc(P(=O)(O)O)c(Cl)c2)C1=O. The fourth-order valence-corrected chi connectivity index (χ4v) is 6.36. The zero-order chi connectivity index (χ0) is 31.1. The molecule has 2 aliphatic heterocycles. The first-order chi connectivity index (χ1) is 19.5. The van der Waals surface area contributed by atoms with Gasteiger partial charge in [0.2, 0.25) is 15.9 Å². The molecule has 2 atom stereocenters. The van der Waals surface area contributed by atoms with Gasteiger partial charge in [-0.1, -0.05) is 29.8 Å². The number of hydrogen-bond acceptors (Lipinski definition) is 9. The summed E-state index contributed by atoms with van der Waals surface area (Å²) in [4.78, 5) is 70.2. The molecule has 1 saturated heterocycles. The number of benzene rings is 2. The highest BCUT2D eigenvalue weighted by Gasteiger charge is 2.42. The second-order valence-electron chi connectivity index (χ2n) is 9.33. The molecule has 224 valence electrons. The molecule has 5 amide bonds. The lowest BCUT2D eigenvalue weighted by Gasteiger charge is -2.30. The fraction of sp³-hybridized carbons (Fsp3) is 0.273. The minimum Gasteiger partial charge on any atom is -0.534 e. The minimum absolute atomic E-state index is 0.0874. The van der Waals surface area contributed by atoms with Crippen molar-refractivity contribution in [2.24, 2.45) is 0 Å². The first-order valence-electron chi connectivity index (χ1n) is 11.9. The smallest absolute Gasteiger partial charge is 0.534 e. The predicted molar refractivity (Wildman–Crippen MR) is 146 cm³/mol. The molecule has 2 aromatic rings. The number of fused-ring (bicyclic) bond motifs is 1. The zero-order valence-electron chi connectivity index (χ0n) is 21.5. The van der Waals surface area contributed by atoms with E-state index in [1.807, 2.05) is 0 Å². The average molecular weight is 645 g/mol. The summed E-state index contributed by atoms with van der Waals surface area (Å²) in [6.07, 6.45) is 0.693. The third kappa shape index (κ3) is 6.38. The number of nitrogens with zero attached hydrogens (tertiary/aromatic N) is 2. The Hall–Kier alpha value is -3.67. The summed E-state index contributed by atoms with van der Waals surface area (Å²) in [6, 6.07) is 3.29. The number of amides is 5. The van der Waals surface area contributed by atoms with E-state index in [1.54, 1.807) is 0 Å². The van der Waals surface area contributed by atoms with Crippen LogP contribution in [0.5, 0.6) is 5.75 Å². The number of hydrogen-bond donors (Lipinski definition) is 6. The van der Waals surface area contributed by atoms with Gasteiger partial charge >= 0.3 is 32.7 Å². The van der Waals surface area contributed by atoms with Crippen LogP contribution in [0.3, 0.4) is 0 Å². The lowest BCUT2D eigenvalue weighted by molar-refractivity contribution is -0.123. The highest BCUT2D eigenvalue weighted by atomic mass is 35.5. The number of aromatic carboxylic acids is 1. The largest absolute Gasteiger partial charge is 0.547 e. The summed E-state index contributed by atoms with van der Waals surface area (Å²) >= 11 is 6.05. The number of carboxylic acid groups (broad SMARTS) is 1. The average Bonchev–Trinajstić information content (AvgIpc) is 3.28. The molecule has 1 fully saturated rings. The van der Waals surface area contributed by atoms with Gasteiger partial charge in [0, 0.05) is 0 Å². The predicted octanol–water partition coefficient (Wildman–Crippen LogP) is -0.571. The minimum atomic E-state index is -4.81. The van der Waals surface area contributed by atoms with Gasteiger partial charge in [-0.05, 0) is 35.7 Å². The quantitative estimate of drug-likeness (QED) is 0.164. The topological polar surface area (TPSA) is 240 Å². The first-order valence-corrected chi connectivity index (χ1v) is 15.8. The maximum absolute atomic E-state index is 13.5. The number of urea groups is 2. The zero-order valence-corrected chi connectivity index (χ0v) is 24.0. The Kier molecular flexibility index (Phi) is 8.60. The van der Waals surface area contributed by atoms with Gasteiger partial charge in [0.25, 0.3) is 0 Å². The van der Waals surface area contributed by atoms with E-state index < -0.39 is 71.0 Å². The van der Waals surface area contributed by atoms with Crippen molar-refractivity contribution in [2.45, 2.75) is 18.4 Å². The maximum Gasteiger partial charge on any atom is 0.547 e. The molecule has 4 rings (SSSR count). The normalized spacial score (nSPS) is 17.8. The van der Waals surface area contributed by atoms with Gasteiger partial charge in [-0.2, -0.15) is 0 Å². The summed E-state index contributed by atoms with van der Waals surface area (Å²) in [6.45, 7) is -0.657. The van der Waals surface area contributed by atoms with Crippen LogP contribution in [0.2, 0.25) is 5.02 Å². The molecular weight excluding hydrogens is 622 g/mol. The third-order valence-corrected chi connectivity index (χ3v) is 9.04. The Bertz CT molecular complexity index is 1640. The Morgan fingerprint density at radius 3 is 2.45 bits per heavy atom. The molecule has 6 N–H and O–H groups in total. The van der Waals surface area contributed by atoms with Gasteiger partial charge in [-0.25, -0.2) is 32.0 Å². The van der Waals surface area contributed by atoms with Crippen LogP contribution in [-0.4, -0.2) is 93.9 Å². The first kappa shape index (κ1) is 31.3. The fourth-order valence-electron chi connectivity index (χ4n) is 4.44. The van der Waals surface area contributed by atoms with Crippen LogP contribution >= 0.6 is 19.2 Å². The van der Waals surface area contributed by atoms with Gasteiger partial charge in [0.05, 0.1) is 41.2 Å². The van der Waals surface area contributed by atoms with E-state index in [2.05, 4.69) is 10.6 Å². The van der Waals surface area contributed by atoms with E-state index in [4.69, 9.17) is 16.3 Å². The number of nitrogens with one attached hydrogen (secondary N) is 2. The summed E-state index contributed by atoms with van der Waals surface area (Å²) in [5, 5.41) is 23.7. The Morgan fingerprint density at radius 2 is 1.88 bits per heavy atom. The number of para-hydroxylation sites is 1. The standard InChI is InChI=1S/C22H23BClN4O12PS/c1-42(38,39)28-8-7-27(22(28)33)21(32)26-17(11-5-6-15(14(24)9-11)41(35,36)37)19(29)25-16-10-12-3-2-4-13(20(30)31)18(12)40-23(16)34/h2-6,9,16-17,34H,7-8,10H2,1H3,(H,25,29)(H,26,32)(H,30,31)(H2,35,36,37)/t16-,17?/m0/s1. The van der Waals surface area contributed by atoms with Crippen molar-refractivity contribution in [3.63, 3.8) is 0 Å². The van der Waals surface area contributed by atoms with Crippen LogP contribution in [0.25, 0.3) is 0 Å². The Balaban J connectivity index is 1.63. The number of imide groups is 1. The molecule has 0 bridgehead atoms. The lowest BCUT2D eigenvalue weighted by Crippen LogP contribution is -2.56. The Morgan fingerprint density at radius 1 is 1.19 bits per heavy atom. The molecule has 20 heteroatoms. The number of carbonyl (C=O) groups is 4. The van der Waals surface area contributed by atoms with E-state index >= 15 is 0 Å². The second-order valence-corrected chi connectivity index (χ2v) is 13.2. The highest BCUT2D eigenvalue weighted by molar-refractivity contribution is 7.88. The van der Waals surface area contributed by atoms with Crippen LogP contribution < -0.4 is 20.6 Å². The molecule has 0 spiro atoms. The van der Waals surface area contributed by atoms with Crippen LogP contribution in [0.4, 0.5) is 9.59 Å². The van der Waals surface area contributed by atoms with Crippen LogP contribution in [0.15, 0.2) is 36.4 Å². The van der Waals surface area contributed by atoms with E-state index in [9.17, 15) is 52.1 Å². The summed E-state index contributed by atoms with van der Waals surface area (Å²) < 4.78 is 41.2. The summed E-state index contributed by atoms with van der Waals surface area (Å²) in [5.74, 6) is -3.53. The van der Waals surface area contributed by atoms with Crippen molar-refractivity contribution in [1.82, 2.24) is 19.8 Å². The number of sulfonamides is 1. The number of rotatable bonds is 7. The monoisotopic (exact) mass is 644 g/mol. The highest BCUT2D eigenvalue weighted by Crippen LogP contribution is 2.37. The van der Waals surface area contributed by atoms with Crippen molar-refractivity contribution in [3.8, 4) is 5.75 Å². The van der Waals surface area contributed by atoms with Crippen LogP contribution in [-0.2, 0) is 25.8 Å². The van der Waals surface area contributed by atoms with E-state index in [1.165, 1.54) is 18.2 Å². The van der Waals surface area contributed by atoms with Gasteiger partial charge in [-0.15, -0.1) is 0 Å². The molecular formula is C22H23BClN4O12PS. The number of carbonyl (C=O) groups excluding carboxylic acids is 3. The molecule has 2 heterocycles. The molecule has 0 aliphatic carbocycles. The van der Waals surface area contributed by atoms with Crippen molar-refractivity contribution in [2.75, 3.05) is 19.3 Å². The summed E-state index contributed by atoms with van der Waals surface area (Å²) in [7, 11) is -10.5. The van der Waals surface area contributed by atoms with Gasteiger partial charge in [-0.3, -0.25) is 9.36 Å². The lowest BCUT2D eigenvalue weighted by atomic mass is 9.72. The van der Waals surface area contributed by atoms with Crippen molar-refractivity contribution < 1.29 is 56.7 Å². The van der Waals surface area contributed by atoms with E-state index in [0.29, 0.717) is 14.8 Å².